The first-order chi connectivity index (χ1) is 12.9. The van der Waals surface area contributed by atoms with Crippen LogP contribution in [0.2, 0.25) is 0 Å². The van der Waals surface area contributed by atoms with E-state index in [-0.39, 0.29) is 0 Å². The van der Waals surface area contributed by atoms with E-state index in [0.717, 1.165) is 24.3 Å². The van der Waals surface area contributed by atoms with Crippen molar-refractivity contribution < 1.29 is 0 Å². The molecule has 1 aromatic carbocycles. The number of anilines is 4. The third-order valence-electron chi connectivity index (χ3n) is 4.38. The Kier molecular flexibility index (Phi) is 4.86. The van der Waals surface area contributed by atoms with Gasteiger partial charge in [-0.1, -0.05) is 0 Å². The highest BCUT2D eigenvalue weighted by atomic mass is 15.3. The molecule has 3 aromatic rings. The zero-order valence-electron chi connectivity index (χ0n) is 14.5. The molecule has 26 heavy (non-hydrogen) atoms. The Balaban J connectivity index is 1.38. The fourth-order valence-corrected chi connectivity index (χ4v) is 2.99. The second-order valence-electron chi connectivity index (χ2n) is 6.24. The van der Waals surface area contributed by atoms with Crippen LogP contribution in [0.3, 0.4) is 0 Å². The minimum atomic E-state index is 0.471. The van der Waals surface area contributed by atoms with Gasteiger partial charge < -0.3 is 15.5 Å². The molecular weight excluding hydrogens is 326 g/mol. The van der Waals surface area contributed by atoms with E-state index in [2.05, 4.69) is 47.8 Å². The summed E-state index contributed by atoms with van der Waals surface area (Å²) in [6, 6.07) is 12.3. The largest absolute Gasteiger partial charge is 0.372 e. The maximum atomic E-state index is 4.46. The Morgan fingerprint density at radius 2 is 1.73 bits per heavy atom. The number of rotatable bonds is 6. The lowest BCUT2D eigenvalue weighted by Gasteiger charge is -2.17. The van der Waals surface area contributed by atoms with Gasteiger partial charge in [-0.05, 0) is 54.8 Å². The maximum absolute atomic E-state index is 4.46. The summed E-state index contributed by atoms with van der Waals surface area (Å²) in [4.78, 5) is 10.9. The molecule has 7 heteroatoms. The third kappa shape index (κ3) is 4.05. The second kappa shape index (κ2) is 7.77. The first-order valence-electron chi connectivity index (χ1n) is 8.81. The summed E-state index contributed by atoms with van der Waals surface area (Å²) in [7, 11) is 0. The molecule has 0 radical (unpaired) electrons. The zero-order chi connectivity index (χ0) is 17.6. The molecule has 0 saturated carbocycles. The van der Waals surface area contributed by atoms with E-state index in [1.807, 2.05) is 24.3 Å². The van der Waals surface area contributed by atoms with Gasteiger partial charge in [-0.2, -0.15) is 10.1 Å². The van der Waals surface area contributed by atoms with Crippen molar-refractivity contribution in [2.45, 2.75) is 19.4 Å². The average Bonchev–Trinajstić information content (AvgIpc) is 3.23. The summed E-state index contributed by atoms with van der Waals surface area (Å²) in [5.74, 6) is 1.15. The van der Waals surface area contributed by atoms with Crippen LogP contribution in [0.25, 0.3) is 0 Å². The highest BCUT2D eigenvalue weighted by Gasteiger charge is 2.11. The molecule has 4 rings (SSSR count). The summed E-state index contributed by atoms with van der Waals surface area (Å²) >= 11 is 0. The topological polar surface area (TPSA) is 78.9 Å². The number of hydrogen-bond acceptors (Lipinski definition) is 7. The normalized spacial score (nSPS) is 13.6. The van der Waals surface area contributed by atoms with E-state index in [1.165, 1.54) is 18.5 Å². The number of pyridine rings is 1. The fourth-order valence-electron chi connectivity index (χ4n) is 2.99. The lowest BCUT2D eigenvalue weighted by atomic mass is 10.2. The Labute approximate surface area is 152 Å². The molecule has 7 nitrogen and oxygen atoms in total. The van der Waals surface area contributed by atoms with E-state index in [4.69, 9.17) is 0 Å². The van der Waals surface area contributed by atoms with Crippen molar-refractivity contribution in [1.29, 1.82) is 0 Å². The summed E-state index contributed by atoms with van der Waals surface area (Å²) in [6.45, 7) is 2.95. The summed E-state index contributed by atoms with van der Waals surface area (Å²) in [5.41, 5.74) is 3.34. The number of aromatic nitrogens is 4. The molecule has 2 N–H and O–H groups in total. The highest BCUT2D eigenvalue weighted by molar-refractivity contribution is 5.59. The molecule has 1 aliphatic heterocycles. The van der Waals surface area contributed by atoms with Gasteiger partial charge in [0.15, 0.2) is 5.82 Å². The summed E-state index contributed by atoms with van der Waals surface area (Å²) in [6.07, 6.45) is 7.71. The molecule has 1 saturated heterocycles. The van der Waals surface area contributed by atoms with Gasteiger partial charge in [-0.15, -0.1) is 5.10 Å². The van der Waals surface area contributed by atoms with Gasteiger partial charge >= 0.3 is 0 Å². The predicted octanol–water partition coefficient (Wildman–Crippen LogP) is 3.22. The van der Waals surface area contributed by atoms with Crippen LogP contribution in [0, 0.1) is 0 Å². The molecule has 0 bridgehead atoms. The van der Waals surface area contributed by atoms with Crippen molar-refractivity contribution in [1.82, 2.24) is 20.2 Å². The van der Waals surface area contributed by atoms with Crippen LogP contribution >= 0.6 is 0 Å². The van der Waals surface area contributed by atoms with Crippen molar-refractivity contribution in [3.05, 3.63) is 60.6 Å². The summed E-state index contributed by atoms with van der Waals surface area (Å²) in [5, 5.41) is 14.5. The van der Waals surface area contributed by atoms with Gasteiger partial charge in [0, 0.05) is 43.4 Å². The van der Waals surface area contributed by atoms with Gasteiger partial charge in [-0.25, -0.2) is 0 Å². The number of benzene rings is 1. The Morgan fingerprint density at radius 1 is 0.962 bits per heavy atom. The molecular formula is C19H21N7. The van der Waals surface area contributed by atoms with E-state index in [1.54, 1.807) is 18.6 Å². The molecule has 1 fully saturated rings. The lowest BCUT2D eigenvalue weighted by molar-refractivity contribution is 0.949. The van der Waals surface area contributed by atoms with Crippen LogP contribution in [-0.2, 0) is 6.54 Å². The molecule has 1 aliphatic rings. The van der Waals surface area contributed by atoms with Crippen molar-refractivity contribution in [3.63, 3.8) is 0 Å². The molecule has 0 atom stereocenters. The first kappa shape index (κ1) is 16.3. The average molecular weight is 347 g/mol. The fraction of sp³-hybridized carbons (Fsp3) is 0.263. The van der Waals surface area contributed by atoms with Crippen molar-refractivity contribution in [3.8, 4) is 0 Å². The Hall–Kier alpha value is -3.22. The Bertz CT molecular complexity index is 830. The van der Waals surface area contributed by atoms with Crippen molar-refractivity contribution in [2.75, 3.05) is 28.6 Å². The maximum Gasteiger partial charge on any atom is 0.249 e. The van der Waals surface area contributed by atoms with Crippen LogP contribution in [0.4, 0.5) is 23.1 Å². The van der Waals surface area contributed by atoms with E-state index < -0.39 is 0 Å². The SMILES string of the molecule is c1cc(CNc2cnnc(Nc3ccc(N4CCCC4)cc3)n2)ccn1. The molecule has 0 amide bonds. The smallest absolute Gasteiger partial charge is 0.249 e. The van der Waals surface area contributed by atoms with Crippen LogP contribution in [0.1, 0.15) is 18.4 Å². The standard InChI is InChI=1S/C19H21N7/c1-2-12-26(11-1)17-5-3-16(4-6-17)23-19-24-18(14-22-25-19)21-13-15-7-9-20-10-8-15/h3-10,14H,1-2,11-13H2,(H2,21,23,24,25). The number of hydrogen-bond donors (Lipinski definition) is 2. The molecule has 2 aromatic heterocycles. The molecule has 0 spiro atoms. The van der Waals surface area contributed by atoms with Crippen molar-refractivity contribution in [2.24, 2.45) is 0 Å². The highest BCUT2D eigenvalue weighted by Crippen LogP contribution is 2.23. The lowest BCUT2D eigenvalue weighted by Crippen LogP contribution is -2.17. The number of nitrogens with zero attached hydrogens (tertiary/aromatic N) is 5. The van der Waals surface area contributed by atoms with E-state index in [0.29, 0.717) is 18.3 Å². The quantitative estimate of drug-likeness (QED) is 0.709. The first-order valence-corrected chi connectivity index (χ1v) is 8.81. The monoisotopic (exact) mass is 347 g/mol. The van der Waals surface area contributed by atoms with Crippen LogP contribution in [-0.4, -0.2) is 33.3 Å². The minimum Gasteiger partial charge on any atom is -0.372 e. The summed E-state index contributed by atoms with van der Waals surface area (Å²) < 4.78 is 0. The second-order valence-corrected chi connectivity index (χ2v) is 6.24. The van der Waals surface area contributed by atoms with E-state index in [9.17, 15) is 0 Å². The Morgan fingerprint density at radius 3 is 2.50 bits per heavy atom. The van der Waals surface area contributed by atoms with Crippen LogP contribution < -0.4 is 15.5 Å². The zero-order valence-corrected chi connectivity index (χ0v) is 14.5. The van der Waals surface area contributed by atoms with Gasteiger partial charge in [0.2, 0.25) is 5.95 Å². The van der Waals surface area contributed by atoms with Crippen molar-refractivity contribution >= 4 is 23.1 Å². The van der Waals surface area contributed by atoms with Crippen LogP contribution in [0.15, 0.2) is 55.0 Å². The van der Waals surface area contributed by atoms with Gasteiger partial charge in [0.1, 0.15) is 0 Å². The van der Waals surface area contributed by atoms with Gasteiger partial charge in [0.05, 0.1) is 6.20 Å². The van der Waals surface area contributed by atoms with Gasteiger partial charge in [-0.3, -0.25) is 4.98 Å². The minimum absolute atomic E-state index is 0.471. The third-order valence-corrected chi connectivity index (χ3v) is 4.38. The molecule has 0 unspecified atom stereocenters. The molecule has 0 aliphatic carbocycles. The molecule has 3 heterocycles. The number of nitrogens with one attached hydrogen (secondary N) is 2. The van der Waals surface area contributed by atoms with Crippen LogP contribution in [0.5, 0.6) is 0 Å². The predicted molar refractivity (Wildman–Crippen MR) is 103 cm³/mol. The molecule has 132 valence electrons. The van der Waals surface area contributed by atoms with E-state index >= 15 is 0 Å². The van der Waals surface area contributed by atoms with Gasteiger partial charge in [0.25, 0.3) is 0 Å².